The highest BCUT2D eigenvalue weighted by atomic mass is 35.5. The molecule has 0 radical (unpaired) electrons. The second-order valence-corrected chi connectivity index (χ2v) is 7.18. The fourth-order valence-electron chi connectivity index (χ4n) is 2.59. The van der Waals surface area contributed by atoms with E-state index in [2.05, 4.69) is 10.5 Å². The molecule has 0 heterocycles. The third-order valence-corrected chi connectivity index (χ3v) is 4.85. The van der Waals surface area contributed by atoms with Crippen LogP contribution in [0.25, 0.3) is 0 Å². The zero-order chi connectivity index (χ0) is 21.3. The van der Waals surface area contributed by atoms with Crippen LogP contribution in [0.2, 0.25) is 5.02 Å². The van der Waals surface area contributed by atoms with Crippen molar-refractivity contribution in [3.63, 3.8) is 0 Å². The number of benzene rings is 3. The van der Waals surface area contributed by atoms with Crippen molar-refractivity contribution in [2.45, 2.75) is 20.5 Å². The van der Waals surface area contributed by atoms with Crippen LogP contribution < -0.4 is 14.9 Å². The van der Waals surface area contributed by atoms with Crippen molar-refractivity contribution in [2.75, 3.05) is 6.61 Å². The van der Waals surface area contributed by atoms with Gasteiger partial charge in [-0.05, 0) is 73.0 Å². The van der Waals surface area contributed by atoms with Crippen LogP contribution in [-0.2, 0) is 11.4 Å². The van der Waals surface area contributed by atoms with Crippen molar-refractivity contribution in [3.05, 3.63) is 94.0 Å². The zero-order valence-electron chi connectivity index (χ0n) is 16.9. The van der Waals surface area contributed by atoms with E-state index in [1.807, 2.05) is 80.6 Å². The predicted molar refractivity (Wildman–Crippen MR) is 119 cm³/mol. The Balaban J connectivity index is 1.43. The first-order valence-corrected chi connectivity index (χ1v) is 9.87. The van der Waals surface area contributed by atoms with Crippen LogP contribution in [0.5, 0.6) is 11.5 Å². The van der Waals surface area contributed by atoms with E-state index in [-0.39, 0.29) is 12.5 Å². The molecule has 0 bridgehead atoms. The molecule has 0 aliphatic carbocycles. The van der Waals surface area contributed by atoms with Crippen molar-refractivity contribution in [2.24, 2.45) is 5.10 Å². The minimum atomic E-state index is -0.329. The highest BCUT2D eigenvalue weighted by Gasteiger charge is 2.03. The maximum atomic E-state index is 11.9. The maximum absolute atomic E-state index is 11.9. The number of hydrogen-bond donors (Lipinski definition) is 1. The predicted octanol–water partition coefficient (Wildman–Crippen LogP) is 5.06. The lowest BCUT2D eigenvalue weighted by Crippen LogP contribution is -2.24. The normalized spacial score (nSPS) is 10.8. The number of aryl methyl sites for hydroxylation is 2. The lowest BCUT2D eigenvalue weighted by Gasteiger charge is -2.08. The summed E-state index contributed by atoms with van der Waals surface area (Å²) in [6, 6.07) is 20.6. The molecular weight excluding hydrogens is 400 g/mol. The lowest BCUT2D eigenvalue weighted by molar-refractivity contribution is -0.123. The fourth-order valence-corrected chi connectivity index (χ4v) is 2.78. The molecule has 0 fully saturated rings. The molecule has 0 spiro atoms. The van der Waals surface area contributed by atoms with Crippen LogP contribution >= 0.6 is 11.6 Å². The van der Waals surface area contributed by atoms with Gasteiger partial charge in [-0.3, -0.25) is 4.79 Å². The van der Waals surface area contributed by atoms with E-state index in [4.69, 9.17) is 21.1 Å². The number of hydrogen-bond acceptors (Lipinski definition) is 4. The third kappa shape index (κ3) is 6.36. The number of hydrazone groups is 1. The Labute approximate surface area is 181 Å². The van der Waals surface area contributed by atoms with Gasteiger partial charge < -0.3 is 9.47 Å². The molecule has 154 valence electrons. The lowest BCUT2D eigenvalue weighted by atomic mass is 10.1. The van der Waals surface area contributed by atoms with E-state index in [9.17, 15) is 4.79 Å². The summed E-state index contributed by atoms with van der Waals surface area (Å²) in [5, 5.41) is 4.64. The Bertz CT molecular complexity index is 1030. The van der Waals surface area contributed by atoms with E-state index in [1.165, 1.54) is 5.56 Å². The molecule has 0 unspecified atom stereocenters. The second kappa shape index (κ2) is 10.5. The Morgan fingerprint density at radius 1 is 0.967 bits per heavy atom. The van der Waals surface area contributed by atoms with Gasteiger partial charge in [0.25, 0.3) is 5.91 Å². The van der Waals surface area contributed by atoms with Crippen LogP contribution in [0, 0.1) is 13.8 Å². The number of rotatable bonds is 8. The maximum Gasteiger partial charge on any atom is 0.277 e. The zero-order valence-corrected chi connectivity index (χ0v) is 17.6. The van der Waals surface area contributed by atoms with Crippen LogP contribution in [0.4, 0.5) is 0 Å². The van der Waals surface area contributed by atoms with E-state index >= 15 is 0 Å². The van der Waals surface area contributed by atoms with Gasteiger partial charge in [0.2, 0.25) is 0 Å². The number of halogens is 1. The summed E-state index contributed by atoms with van der Waals surface area (Å²) in [6.45, 7) is 4.32. The van der Waals surface area contributed by atoms with Crippen molar-refractivity contribution in [1.29, 1.82) is 0 Å². The number of amides is 1. The molecule has 0 aromatic heterocycles. The average Bonchev–Trinajstić information content (AvgIpc) is 2.75. The Morgan fingerprint density at radius 2 is 1.70 bits per heavy atom. The molecule has 1 amide bonds. The minimum Gasteiger partial charge on any atom is -0.489 e. The first kappa shape index (κ1) is 21.4. The number of carbonyl (C=O) groups excluding carboxylic acids is 1. The average molecular weight is 423 g/mol. The van der Waals surface area contributed by atoms with Crippen LogP contribution in [0.1, 0.15) is 22.3 Å². The van der Waals surface area contributed by atoms with E-state index in [0.717, 1.165) is 22.4 Å². The summed E-state index contributed by atoms with van der Waals surface area (Å²) in [7, 11) is 0. The molecule has 3 aromatic rings. The Morgan fingerprint density at radius 3 is 2.43 bits per heavy atom. The second-order valence-electron chi connectivity index (χ2n) is 6.78. The SMILES string of the molecule is Cc1ccc(OCC(=O)N/N=C\c2ccc(OCc3ccccc3Cl)cc2)cc1C. The Hall–Kier alpha value is -3.31. The molecule has 6 heteroatoms. The van der Waals surface area contributed by atoms with E-state index in [0.29, 0.717) is 17.4 Å². The van der Waals surface area contributed by atoms with Crippen molar-refractivity contribution in [3.8, 4) is 11.5 Å². The molecular formula is C24H23ClN2O3. The third-order valence-electron chi connectivity index (χ3n) is 4.48. The fraction of sp³-hybridized carbons (Fsp3) is 0.167. The van der Waals surface area contributed by atoms with Gasteiger partial charge in [0.1, 0.15) is 18.1 Å². The molecule has 0 aliphatic rings. The molecule has 1 N–H and O–H groups in total. The molecule has 30 heavy (non-hydrogen) atoms. The number of nitrogens with one attached hydrogen (secondary N) is 1. The Kier molecular flexibility index (Phi) is 7.46. The molecule has 3 aromatic carbocycles. The van der Waals surface area contributed by atoms with Gasteiger partial charge in [0, 0.05) is 10.6 Å². The van der Waals surface area contributed by atoms with Gasteiger partial charge in [-0.25, -0.2) is 5.43 Å². The quantitative estimate of drug-likeness (QED) is 0.407. The topological polar surface area (TPSA) is 59.9 Å². The van der Waals surface area contributed by atoms with Gasteiger partial charge in [0.15, 0.2) is 6.61 Å². The summed E-state index contributed by atoms with van der Waals surface area (Å²) < 4.78 is 11.2. The summed E-state index contributed by atoms with van der Waals surface area (Å²) in [6.07, 6.45) is 1.56. The summed E-state index contributed by atoms with van der Waals surface area (Å²) in [5.74, 6) is 1.05. The first-order chi connectivity index (χ1) is 14.5. The van der Waals surface area contributed by atoms with Gasteiger partial charge in [-0.1, -0.05) is 35.9 Å². The van der Waals surface area contributed by atoms with Crippen LogP contribution in [0.3, 0.4) is 0 Å². The summed E-state index contributed by atoms with van der Waals surface area (Å²) in [5.41, 5.74) is 6.50. The van der Waals surface area contributed by atoms with Gasteiger partial charge >= 0.3 is 0 Å². The summed E-state index contributed by atoms with van der Waals surface area (Å²) in [4.78, 5) is 11.9. The van der Waals surface area contributed by atoms with Crippen molar-refractivity contribution in [1.82, 2.24) is 5.43 Å². The minimum absolute atomic E-state index is 0.103. The monoisotopic (exact) mass is 422 g/mol. The largest absolute Gasteiger partial charge is 0.489 e. The van der Waals surface area contributed by atoms with E-state index in [1.54, 1.807) is 6.21 Å². The molecule has 0 aliphatic heterocycles. The number of ether oxygens (including phenoxy) is 2. The van der Waals surface area contributed by atoms with Gasteiger partial charge in [-0.2, -0.15) is 5.10 Å². The highest BCUT2D eigenvalue weighted by molar-refractivity contribution is 6.31. The van der Waals surface area contributed by atoms with Crippen molar-refractivity contribution < 1.29 is 14.3 Å². The standard InChI is InChI=1S/C24H23ClN2O3/c1-17-7-10-22(13-18(17)2)30-16-24(28)27-26-14-19-8-11-21(12-9-19)29-15-20-5-3-4-6-23(20)25/h3-14H,15-16H2,1-2H3,(H,27,28)/b26-14-. The van der Waals surface area contributed by atoms with Crippen LogP contribution in [0.15, 0.2) is 71.8 Å². The molecule has 0 saturated heterocycles. The summed E-state index contributed by atoms with van der Waals surface area (Å²) >= 11 is 6.13. The van der Waals surface area contributed by atoms with Crippen LogP contribution in [-0.4, -0.2) is 18.7 Å². The highest BCUT2D eigenvalue weighted by Crippen LogP contribution is 2.19. The molecule has 0 atom stereocenters. The molecule has 0 saturated carbocycles. The number of carbonyl (C=O) groups is 1. The number of nitrogens with zero attached hydrogens (tertiary/aromatic N) is 1. The van der Waals surface area contributed by atoms with Gasteiger partial charge in [-0.15, -0.1) is 0 Å². The smallest absolute Gasteiger partial charge is 0.277 e. The van der Waals surface area contributed by atoms with Crippen molar-refractivity contribution >= 4 is 23.7 Å². The molecule has 3 rings (SSSR count). The first-order valence-electron chi connectivity index (χ1n) is 9.49. The van der Waals surface area contributed by atoms with E-state index < -0.39 is 0 Å². The molecule has 5 nitrogen and oxygen atoms in total. The van der Waals surface area contributed by atoms with Gasteiger partial charge in [0.05, 0.1) is 6.21 Å².